The number of nitrogens with two attached hydrogens (primary N) is 1. The van der Waals surface area contributed by atoms with Crippen molar-refractivity contribution in [1.29, 1.82) is 0 Å². The number of amides is 2. The highest BCUT2D eigenvalue weighted by Crippen LogP contribution is 2.31. The molecule has 186 valence electrons. The van der Waals surface area contributed by atoms with Gasteiger partial charge in [-0.05, 0) is 30.3 Å². The molecule has 0 bridgehead atoms. The van der Waals surface area contributed by atoms with E-state index in [0.717, 1.165) is 9.36 Å². The highest BCUT2D eigenvalue weighted by molar-refractivity contribution is 6.38. The van der Waals surface area contributed by atoms with Gasteiger partial charge in [0.2, 0.25) is 0 Å². The molecule has 1 aromatic carbocycles. The highest BCUT2D eigenvalue weighted by atomic mass is 35.5. The minimum Gasteiger partial charge on any atom is -0.366 e. The third kappa shape index (κ3) is 5.27. The first-order chi connectivity index (χ1) is 16.9. The Bertz CT molecular complexity index is 1490. The van der Waals surface area contributed by atoms with Gasteiger partial charge in [0, 0.05) is 11.2 Å². The molecule has 36 heavy (non-hydrogen) atoms. The maximum absolute atomic E-state index is 13.3. The van der Waals surface area contributed by atoms with Crippen LogP contribution in [-0.4, -0.2) is 41.6 Å². The molecule has 3 aromatic heterocycles. The lowest BCUT2D eigenvalue weighted by Crippen LogP contribution is -2.21. The summed E-state index contributed by atoms with van der Waals surface area (Å²) in [4.78, 5) is 29.3. The van der Waals surface area contributed by atoms with Gasteiger partial charge in [0.1, 0.15) is 5.69 Å². The van der Waals surface area contributed by atoms with Gasteiger partial charge in [0.15, 0.2) is 11.5 Å². The molecule has 16 heteroatoms. The first-order valence-corrected chi connectivity index (χ1v) is 10.8. The first-order valence-electron chi connectivity index (χ1n) is 9.71. The van der Waals surface area contributed by atoms with Crippen LogP contribution in [0.1, 0.15) is 32.2 Å². The van der Waals surface area contributed by atoms with E-state index < -0.39 is 23.7 Å². The third-order valence-electron chi connectivity index (χ3n) is 4.64. The van der Waals surface area contributed by atoms with Gasteiger partial charge in [-0.2, -0.15) is 18.3 Å². The van der Waals surface area contributed by atoms with Crippen molar-refractivity contribution >= 4 is 52.3 Å². The lowest BCUT2D eigenvalue weighted by molar-refractivity contribution is -0.141. The van der Waals surface area contributed by atoms with Gasteiger partial charge in [-0.3, -0.25) is 9.59 Å². The zero-order valence-corrected chi connectivity index (χ0v) is 19.9. The van der Waals surface area contributed by atoms with E-state index in [-0.39, 0.29) is 50.1 Å². The number of hydrogen-bond donors (Lipinski definition) is 2. The zero-order valence-electron chi connectivity index (χ0n) is 17.6. The van der Waals surface area contributed by atoms with Crippen molar-refractivity contribution in [1.82, 2.24) is 29.8 Å². The van der Waals surface area contributed by atoms with Gasteiger partial charge in [0.25, 0.3) is 11.8 Å². The van der Waals surface area contributed by atoms with Crippen LogP contribution in [0.2, 0.25) is 15.1 Å². The maximum atomic E-state index is 13.3. The molecule has 0 atom stereocenters. The van der Waals surface area contributed by atoms with Crippen LogP contribution >= 0.6 is 34.8 Å². The Kier molecular flexibility index (Phi) is 6.89. The molecule has 2 amide bonds. The maximum Gasteiger partial charge on any atom is 0.436 e. The molecular formula is C20H12Cl3F3N8O2. The normalized spacial score (nSPS) is 11.5. The minimum absolute atomic E-state index is 0.0578. The standard InChI is InChI=1S/C20H12Cl3F3N8O2/c21-9-4-11(17(27)35)16(13(23)5-9)29-19(36)14-6-10(7-33-8-15(30-32-33)20(24,25)26)31-34(14)18-12(22)2-1-3-28-18/h1-6,8H,7H2,(H2,27,35)(H,29,36). The van der Waals surface area contributed by atoms with Crippen molar-refractivity contribution in [2.45, 2.75) is 12.7 Å². The highest BCUT2D eigenvalue weighted by Gasteiger charge is 2.34. The van der Waals surface area contributed by atoms with E-state index in [1.54, 1.807) is 6.07 Å². The van der Waals surface area contributed by atoms with Gasteiger partial charge < -0.3 is 11.1 Å². The molecule has 0 fully saturated rings. The second kappa shape index (κ2) is 9.76. The summed E-state index contributed by atoms with van der Waals surface area (Å²) in [7, 11) is 0. The van der Waals surface area contributed by atoms with Crippen molar-refractivity contribution in [2.75, 3.05) is 5.32 Å². The van der Waals surface area contributed by atoms with Gasteiger partial charge >= 0.3 is 6.18 Å². The Labute approximate surface area is 214 Å². The molecule has 0 aliphatic carbocycles. The number of rotatable bonds is 6. The van der Waals surface area contributed by atoms with Crippen LogP contribution in [-0.2, 0) is 12.7 Å². The molecule has 4 rings (SSSR count). The number of benzene rings is 1. The topological polar surface area (TPSA) is 134 Å². The zero-order chi connectivity index (χ0) is 26.2. The Balaban J connectivity index is 1.75. The average molecular weight is 560 g/mol. The van der Waals surface area contributed by atoms with Gasteiger partial charge in [0.05, 0.1) is 39.7 Å². The number of primary amides is 1. The number of alkyl halides is 3. The Hall–Kier alpha value is -3.68. The van der Waals surface area contributed by atoms with Crippen LogP contribution in [0.4, 0.5) is 18.9 Å². The second-order valence-electron chi connectivity index (χ2n) is 7.17. The number of halogens is 6. The number of hydrogen-bond acceptors (Lipinski definition) is 6. The van der Waals surface area contributed by atoms with E-state index in [1.165, 1.54) is 30.5 Å². The van der Waals surface area contributed by atoms with Crippen molar-refractivity contribution < 1.29 is 22.8 Å². The van der Waals surface area contributed by atoms with Crippen molar-refractivity contribution in [2.24, 2.45) is 5.73 Å². The van der Waals surface area contributed by atoms with E-state index in [4.69, 9.17) is 40.5 Å². The fraction of sp³-hybridized carbons (Fsp3) is 0.100. The summed E-state index contributed by atoms with van der Waals surface area (Å²) in [5.41, 5.74) is 3.92. The van der Waals surface area contributed by atoms with Crippen LogP contribution in [0.5, 0.6) is 0 Å². The molecule has 0 spiro atoms. The monoisotopic (exact) mass is 558 g/mol. The molecule has 0 aliphatic heterocycles. The SMILES string of the molecule is NC(=O)c1cc(Cl)cc(Cl)c1NC(=O)c1cc(Cn2cc(C(F)(F)F)nn2)nn1-c1ncccc1Cl. The quantitative estimate of drug-likeness (QED) is 0.363. The molecule has 3 heterocycles. The fourth-order valence-corrected chi connectivity index (χ4v) is 3.85. The van der Waals surface area contributed by atoms with Crippen LogP contribution in [0.15, 0.2) is 42.7 Å². The number of carbonyl (C=O) groups excluding carboxylic acids is 2. The van der Waals surface area contributed by atoms with Crippen LogP contribution in [0, 0.1) is 0 Å². The Morgan fingerprint density at radius 2 is 1.86 bits per heavy atom. The van der Waals surface area contributed by atoms with E-state index in [1.807, 2.05) is 0 Å². The van der Waals surface area contributed by atoms with E-state index >= 15 is 0 Å². The number of nitrogens with zero attached hydrogens (tertiary/aromatic N) is 6. The summed E-state index contributed by atoms with van der Waals surface area (Å²) in [6, 6.07) is 6.86. The Morgan fingerprint density at radius 3 is 2.50 bits per heavy atom. The summed E-state index contributed by atoms with van der Waals surface area (Å²) in [5.74, 6) is -1.65. The number of anilines is 1. The largest absolute Gasteiger partial charge is 0.436 e. The number of carbonyl (C=O) groups is 2. The predicted molar refractivity (Wildman–Crippen MR) is 123 cm³/mol. The molecule has 3 N–H and O–H groups in total. The molecule has 0 radical (unpaired) electrons. The smallest absolute Gasteiger partial charge is 0.366 e. The van der Waals surface area contributed by atoms with E-state index in [9.17, 15) is 22.8 Å². The number of aromatic nitrogens is 6. The van der Waals surface area contributed by atoms with Crippen LogP contribution in [0.25, 0.3) is 5.82 Å². The van der Waals surface area contributed by atoms with Crippen molar-refractivity contribution in [3.05, 3.63) is 80.4 Å². The first kappa shape index (κ1) is 25.4. The van der Waals surface area contributed by atoms with Crippen molar-refractivity contribution in [3.8, 4) is 5.82 Å². The minimum atomic E-state index is -4.68. The van der Waals surface area contributed by atoms with Gasteiger partial charge in [-0.15, -0.1) is 5.10 Å². The average Bonchev–Trinajstić information content (AvgIpc) is 3.43. The molecule has 10 nitrogen and oxygen atoms in total. The molecule has 0 saturated heterocycles. The molecule has 4 aromatic rings. The summed E-state index contributed by atoms with van der Waals surface area (Å²) in [5, 5.41) is 13.5. The fourth-order valence-electron chi connectivity index (χ4n) is 3.11. The summed E-state index contributed by atoms with van der Waals surface area (Å²) in [6.45, 7) is -0.269. The van der Waals surface area contributed by atoms with Crippen LogP contribution in [0.3, 0.4) is 0 Å². The molecule has 0 saturated carbocycles. The van der Waals surface area contributed by atoms with Crippen LogP contribution < -0.4 is 11.1 Å². The molecular weight excluding hydrogens is 548 g/mol. The van der Waals surface area contributed by atoms with E-state index in [2.05, 4.69) is 25.7 Å². The lowest BCUT2D eigenvalue weighted by Gasteiger charge is -2.12. The molecule has 0 aliphatic rings. The van der Waals surface area contributed by atoms with Gasteiger partial charge in [-0.1, -0.05) is 40.0 Å². The molecule has 0 unspecified atom stereocenters. The van der Waals surface area contributed by atoms with Crippen molar-refractivity contribution in [3.63, 3.8) is 0 Å². The lowest BCUT2D eigenvalue weighted by atomic mass is 10.1. The summed E-state index contributed by atoms with van der Waals surface area (Å²) < 4.78 is 40.6. The Morgan fingerprint density at radius 1 is 1.11 bits per heavy atom. The van der Waals surface area contributed by atoms with E-state index in [0.29, 0.717) is 6.20 Å². The summed E-state index contributed by atoms with van der Waals surface area (Å²) in [6.07, 6.45) is -2.59. The predicted octanol–water partition coefficient (Wildman–Crippen LogP) is 4.24. The number of nitrogens with one attached hydrogen (secondary N) is 1. The summed E-state index contributed by atoms with van der Waals surface area (Å²) >= 11 is 18.3. The number of pyridine rings is 1. The van der Waals surface area contributed by atoms with Gasteiger partial charge in [-0.25, -0.2) is 14.3 Å². The third-order valence-corrected chi connectivity index (χ3v) is 5.46. The second-order valence-corrected chi connectivity index (χ2v) is 8.42.